The standard InChI is InChI=1S/C15H14N2O2S2/c1-10-2-3-12-13(6-10)17(7-11-4-5-20-8-11)15(16-12)21-9-14(18)19/h2-6,8H,7,9H2,1H3,(H,18,19). The number of nitrogens with zero attached hydrogens (tertiary/aromatic N) is 2. The van der Waals surface area contributed by atoms with Crippen LogP contribution >= 0.6 is 23.1 Å². The van der Waals surface area contributed by atoms with Gasteiger partial charge in [-0.25, -0.2) is 4.98 Å². The molecular formula is C15H14N2O2S2. The Kier molecular flexibility index (Phi) is 3.98. The molecule has 21 heavy (non-hydrogen) atoms. The maximum Gasteiger partial charge on any atom is 0.313 e. The van der Waals surface area contributed by atoms with Crippen molar-refractivity contribution in [2.45, 2.75) is 18.6 Å². The van der Waals surface area contributed by atoms with E-state index < -0.39 is 5.97 Å². The van der Waals surface area contributed by atoms with Crippen molar-refractivity contribution in [2.24, 2.45) is 0 Å². The van der Waals surface area contributed by atoms with Crippen LogP contribution in [0.25, 0.3) is 11.0 Å². The summed E-state index contributed by atoms with van der Waals surface area (Å²) in [4.78, 5) is 15.4. The normalized spacial score (nSPS) is 11.1. The van der Waals surface area contributed by atoms with E-state index in [1.165, 1.54) is 22.9 Å². The summed E-state index contributed by atoms with van der Waals surface area (Å²) in [6.45, 7) is 2.76. The maximum absolute atomic E-state index is 10.8. The van der Waals surface area contributed by atoms with Gasteiger partial charge in [-0.2, -0.15) is 11.3 Å². The van der Waals surface area contributed by atoms with Crippen molar-refractivity contribution in [3.05, 3.63) is 46.2 Å². The molecule has 3 aromatic rings. The zero-order valence-electron chi connectivity index (χ0n) is 11.4. The van der Waals surface area contributed by atoms with Gasteiger partial charge in [0.25, 0.3) is 0 Å². The number of aryl methyl sites for hydroxylation is 1. The molecule has 0 saturated carbocycles. The van der Waals surface area contributed by atoms with Gasteiger partial charge in [-0.15, -0.1) is 0 Å². The number of rotatable bonds is 5. The van der Waals surface area contributed by atoms with E-state index in [4.69, 9.17) is 5.11 Å². The first-order valence-electron chi connectivity index (χ1n) is 6.46. The second-order valence-corrected chi connectivity index (χ2v) is 6.51. The second kappa shape index (κ2) is 5.91. The summed E-state index contributed by atoms with van der Waals surface area (Å²) < 4.78 is 2.10. The molecule has 0 spiro atoms. The van der Waals surface area contributed by atoms with Crippen molar-refractivity contribution in [3.63, 3.8) is 0 Å². The molecule has 0 amide bonds. The van der Waals surface area contributed by atoms with Crippen LogP contribution in [0.5, 0.6) is 0 Å². The second-order valence-electron chi connectivity index (χ2n) is 4.79. The van der Waals surface area contributed by atoms with E-state index in [2.05, 4.69) is 27.1 Å². The molecule has 0 aliphatic carbocycles. The van der Waals surface area contributed by atoms with E-state index >= 15 is 0 Å². The number of benzene rings is 1. The molecule has 108 valence electrons. The number of aromatic nitrogens is 2. The molecule has 6 heteroatoms. The number of hydrogen-bond donors (Lipinski definition) is 1. The Bertz CT molecular complexity index is 778. The molecule has 0 fully saturated rings. The summed E-state index contributed by atoms with van der Waals surface area (Å²) in [6, 6.07) is 8.19. The van der Waals surface area contributed by atoms with Gasteiger partial charge >= 0.3 is 5.97 Å². The molecule has 1 aromatic carbocycles. The van der Waals surface area contributed by atoms with Crippen molar-refractivity contribution in [2.75, 3.05) is 5.75 Å². The monoisotopic (exact) mass is 318 g/mol. The highest BCUT2D eigenvalue weighted by molar-refractivity contribution is 7.99. The summed E-state index contributed by atoms with van der Waals surface area (Å²) in [5.41, 5.74) is 4.33. The quantitative estimate of drug-likeness (QED) is 0.730. The Balaban J connectivity index is 2.04. The first kappa shape index (κ1) is 14.2. The van der Waals surface area contributed by atoms with Gasteiger partial charge in [0, 0.05) is 0 Å². The minimum atomic E-state index is -0.828. The predicted octanol–water partition coefficient (Wildman–Crippen LogP) is 3.63. The highest BCUT2D eigenvalue weighted by Gasteiger charge is 2.13. The van der Waals surface area contributed by atoms with Crippen molar-refractivity contribution in [1.82, 2.24) is 9.55 Å². The Hall–Kier alpha value is -1.79. The zero-order valence-corrected chi connectivity index (χ0v) is 13.1. The first-order valence-corrected chi connectivity index (χ1v) is 8.39. The van der Waals surface area contributed by atoms with E-state index in [1.807, 2.05) is 24.4 Å². The van der Waals surface area contributed by atoms with E-state index in [-0.39, 0.29) is 5.75 Å². The van der Waals surface area contributed by atoms with Crippen LogP contribution < -0.4 is 0 Å². The van der Waals surface area contributed by atoms with E-state index in [0.717, 1.165) is 16.2 Å². The number of carboxylic acids is 1. The van der Waals surface area contributed by atoms with Crippen molar-refractivity contribution < 1.29 is 9.90 Å². The van der Waals surface area contributed by atoms with Gasteiger partial charge in [0.1, 0.15) is 0 Å². The molecule has 0 aliphatic rings. The molecule has 0 unspecified atom stereocenters. The number of fused-ring (bicyclic) bond motifs is 1. The fraction of sp³-hybridized carbons (Fsp3) is 0.200. The maximum atomic E-state index is 10.8. The number of carboxylic acid groups (broad SMARTS) is 1. The zero-order chi connectivity index (χ0) is 14.8. The van der Waals surface area contributed by atoms with Gasteiger partial charge < -0.3 is 9.67 Å². The van der Waals surface area contributed by atoms with Crippen LogP contribution in [0, 0.1) is 6.92 Å². The van der Waals surface area contributed by atoms with Gasteiger partial charge in [-0.3, -0.25) is 4.79 Å². The molecule has 0 aliphatic heterocycles. The first-order chi connectivity index (χ1) is 10.1. The molecular weight excluding hydrogens is 304 g/mol. The third-order valence-electron chi connectivity index (χ3n) is 3.11. The summed E-state index contributed by atoms with van der Waals surface area (Å²) >= 11 is 2.92. The highest BCUT2D eigenvalue weighted by Crippen LogP contribution is 2.26. The van der Waals surface area contributed by atoms with E-state index in [9.17, 15) is 4.79 Å². The van der Waals surface area contributed by atoms with Gasteiger partial charge in [0.15, 0.2) is 5.16 Å². The average molecular weight is 318 g/mol. The van der Waals surface area contributed by atoms with Gasteiger partial charge in [-0.1, -0.05) is 17.8 Å². The summed E-state index contributed by atoms with van der Waals surface area (Å²) in [5.74, 6) is -0.809. The minimum Gasteiger partial charge on any atom is -0.481 e. The predicted molar refractivity (Wildman–Crippen MR) is 86.3 cm³/mol. The fourth-order valence-electron chi connectivity index (χ4n) is 2.17. The van der Waals surface area contributed by atoms with Crippen molar-refractivity contribution in [3.8, 4) is 0 Å². The van der Waals surface area contributed by atoms with Gasteiger partial charge in [0.05, 0.1) is 23.3 Å². The van der Waals surface area contributed by atoms with Gasteiger partial charge in [-0.05, 0) is 47.0 Å². The lowest BCUT2D eigenvalue weighted by atomic mass is 10.2. The van der Waals surface area contributed by atoms with Crippen LogP contribution in [0.3, 0.4) is 0 Å². The lowest BCUT2D eigenvalue weighted by Crippen LogP contribution is -2.04. The SMILES string of the molecule is Cc1ccc2nc(SCC(=O)O)n(Cc3ccsc3)c2c1. The number of thiophene rings is 1. The van der Waals surface area contributed by atoms with Crippen LogP contribution in [0.15, 0.2) is 40.2 Å². The highest BCUT2D eigenvalue weighted by atomic mass is 32.2. The molecule has 0 saturated heterocycles. The Morgan fingerprint density at radius 2 is 2.29 bits per heavy atom. The van der Waals surface area contributed by atoms with E-state index in [1.54, 1.807) is 11.3 Å². The third-order valence-corrected chi connectivity index (χ3v) is 4.81. The Morgan fingerprint density at radius 1 is 1.43 bits per heavy atom. The number of hydrogen-bond acceptors (Lipinski definition) is 4. The molecule has 3 rings (SSSR count). The Labute approximate surface area is 130 Å². The fourth-order valence-corrected chi connectivity index (χ4v) is 3.56. The van der Waals surface area contributed by atoms with Crippen LogP contribution in [-0.2, 0) is 11.3 Å². The Morgan fingerprint density at radius 3 is 3.00 bits per heavy atom. The van der Waals surface area contributed by atoms with E-state index in [0.29, 0.717) is 6.54 Å². The summed E-state index contributed by atoms with van der Waals surface area (Å²) in [6.07, 6.45) is 0. The largest absolute Gasteiger partial charge is 0.481 e. The molecule has 0 atom stereocenters. The summed E-state index contributed by atoms with van der Waals surface area (Å²) in [5, 5.41) is 13.8. The lowest BCUT2D eigenvalue weighted by molar-refractivity contribution is -0.133. The third kappa shape index (κ3) is 3.11. The van der Waals surface area contributed by atoms with Gasteiger partial charge in [0.2, 0.25) is 0 Å². The van der Waals surface area contributed by atoms with Crippen LogP contribution in [0.4, 0.5) is 0 Å². The number of carbonyl (C=O) groups is 1. The molecule has 0 radical (unpaired) electrons. The number of thioether (sulfide) groups is 1. The number of aliphatic carboxylic acids is 1. The number of imidazole rings is 1. The summed E-state index contributed by atoms with van der Waals surface area (Å²) in [7, 11) is 0. The van der Waals surface area contributed by atoms with Crippen LogP contribution in [-0.4, -0.2) is 26.4 Å². The minimum absolute atomic E-state index is 0.0198. The molecule has 4 nitrogen and oxygen atoms in total. The smallest absolute Gasteiger partial charge is 0.313 e. The van der Waals surface area contributed by atoms with Crippen molar-refractivity contribution in [1.29, 1.82) is 0 Å². The lowest BCUT2D eigenvalue weighted by Gasteiger charge is -2.07. The van der Waals surface area contributed by atoms with Crippen molar-refractivity contribution >= 4 is 40.1 Å². The molecule has 2 aromatic heterocycles. The topological polar surface area (TPSA) is 55.1 Å². The van der Waals surface area contributed by atoms with Crippen LogP contribution in [0.1, 0.15) is 11.1 Å². The molecule has 0 bridgehead atoms. The van der Waals surface area contributed by atoms with Crippen LogP contribution in [0.2, 0.25) is 0 Å². The average Bonchev–Trinajstić information content (AvgIpc) is 3.06. The molecule has 1 N–H and O–H groups in total. The molecule has 2 heterocycles.